The van der Waals surface area contributed by atoms with Gasteiger partial charge in [0.05, 0.1) is 15.7 Å². The minimum absolute atomic E-state index is 0.212. The third kappa shape index (κ3) is 4.31. The number of hydrogen-bond donors (Lipinski definition) is 2. The second-order valence-corrected chi connectivity index (χ2v) is 6.58. The van der Waals surface area contributed by atoms with Gasteiger partial charge in [-0.3, -0.25) is 4.79 Å². The van der Waals surface area contributed by atoms with Crippen LogP contribution in [0, 0.1) is 13.8 Å². The number of halogens is 2. The van der Waals surface area contributed by atoms with Crippen LogP contribution in [0.1, 0.15) is 21.7 Å². The lowest BCUT2D eigenvalue weighted by molar-refractivity contribution is 0.102. The van der Waals surface area contributed by atoms with Gasteiger partial charge in [0.1, 0.15) is 5.69 Å². The Labute approximate surface area is 161 Å². The average Bonchev–Trinajstić information content (AvgIpc) is 2.57. The van der Waals surface area contributed by atoms with Gasteiger partial charge in [0, 0.05) is 11.4 Å². The van der Waals surface area contributed by atoms with Crippen LogP contribution >= 0.6 is 23.2 Å². The Bertz CT molecular complexity index is 955. The van der Waals surface area contributed by atoms with Crippen molar-refractivity contribution in [1.29, 1.82) is 0 Å². The van der Waals surface area contributed by atoms with E-state index in [9.17, 15) is 4.79 Å². The van der Waals surface area contributed by atoms with Crippen LogP contribution in [0.25, 0.3) is 0 Å². The molecule has 0 spiro atoms. The molecule has 3 rings (SSSR count). The van der Waals surface area contributed by atoms with Crippen LogP contribution in [0.5, 0.6) is 0 Å². The summed E-state index contributed by atoms with van der Waals surface area (Å²) in [4.78, 5) is 21.2. The second-order valence-electron chi connectivity index (χ2n) is 5.76. The van der Waals surface area contributed by atoms with E-state index in [0.717, 1.165) is 11.3 Å². The van der Waals surface area contributed by atoms with E-state index in [2.05, 4.69) is 20.6 Å². The van der Waals surface area contributed by atoms with Gasteiger partial charge in [-0.2, -0.15) is 0 Å². The summed E-state index contributed by atoms with van der Waals surface area (Å²) in [5, 5.41) is 6.53. The molecule has 2 N–H and O–H groups in total. The summed E-state index contributed by atoms with van der Waals surface area (Å²) in [5.41, 5.74) is 3.17. The molecule has 3 aromatic rings. The first kappa shape index (κ1) is 18.2. The number of carbonyl (C=O) groups excluding carboxylic acids is 1. The van der Waals surface area contributed by atoms with Crippen molar-refractivity contribution in [3.63, 3.8) is 0 Å². The van der Waals surface area contributed by atoms with Gasteiger partial charge in [-0.15, -0.1) is 0 Å². The van der Waals surface area contributed by atoms with E-state index in [1.165, 1.54) is 0 Å². The van der Waals surface area contributed by atoms with Gasteiger partial charge >= 0.3 is 0 Å². The lowest BCUT2D eigenvalue weighted by Gasteiger charge is -2.11. The van der Waals surface area contributed by atoms with Gasteiger partial charge in [-0.05, 0) is 49.7 Å². The number of anilines is 3. The molecule has 0 aliphatic rings. The molecule has 2 aromatic carbocycles. The highest BCUT2D eigenvalue weighted by Gasteiger charge is 2.14. The Kier molecular flexibility index (Phi) is 5.40. The number of nitrogens with one attached hydrogen (secondary N) is 2. The lowest BCUT2D eigenvalue weighted by atomic mass is 10.2. The first-order valence-electron chi connectivity index (χ1n) is 7.87. The highest BCUT2D eigenvalue weighted by Crippen LogP contribution is 2.30. The third-order valence-corrected chi connectivity index (χ3v) is 4.19. The average molecular weight is 387 g/mol. The molecule has 1 aromatic heterocycles. The number of aryl methyl sites for hydroxylation is 2. The normalized spacial score (nSPS) is 10.5. The fraction of sp³-hybridized carbons (Fsp3) is 0.105. The molecule has 26 heavy (non-hydrogen) atoms. The smallest absolute Gasteiger partial charge is 0.274 e. The molecule has 0 fully saturated rings. The first-order chi connectivity index (χ1) is 12.4. The molecule has 0 aliphatic heterocycles. The maximum Gasteiger partial charge on any atom is 0.274 e. The molecule has 0 unspecified atom stereocenters. The summed E-state index contributed by atoms with van der Waals surface area (Å²) >= 11 is 12.2. The van der Waals surface area contributed by atoms with E-state index >= 15 is 0 Å². The number of hydrogen-bond acceptors (Lipinski definition) is 4. The molecule has 0 saturated carbocycles. The number of benzene rings is 2. The Morgan fingerprint density at radius 3 is 2.35 bits per heavy atom. The summed E-state index contributed by atoms with van der Waals surface area (Å²) in [7, 11) is 0. The van der Waals surface area contributed by atoms with Crippen LogP contribution in [0.3, 0.4) is 0 Å². The second kappa shape index (κ2) is 7.72. The highest BCUT2D eigenvalue weighted by atomic mass is 35.5. The van der Waals surface area contributed by atoms with Crippen LogP contribution in [0.15, 0.2) is 48.5 Å². The Morgan fingerprint density at radius 1 is 0.962 bits per heavy atom. The molecular weight excluding hydrogens is 371 g/mol. The molecule has 132 valence electrons. The molecule has 5 nitrogen and oxygen atoms in total. The van der Waals surface area contributed by atoms with Crippen LogP contribution in [-0.4, -0.2) is 15.9 Å². The number of carbonyl (C=O) groups is 1. The fourth-order valence-corrected chi connectivity index (χ4v) is 2.88. The van der Waals surface area contributed by atoms with E-state index in [1.807, 2.05) is 31.2 Å². The fourth-order valence-electron chi connectivity index (χ4n) is 2.39. The van der Waals surface area contributed by atoms with Crippen LogP contribution in [-0.2, 0) is 0 Å². The number of amides is 1. The van der Waals surface area contributed by atoms with Gasteiger partial charge in [0.25, 0.3) is 5.91 Å². The lowest BCUT2D eigenvalue weighted by Crippen LogP contribution is -2.16. The van der Waals surface area contributed by atoms with Gasteiger partial charge in [-0.1, -0.05) is 41.4 Å². The summed E-state index contributed by atoms with van der Waals surface area (Å²) in [5.74, 6) is -0.0798. The van der Waals surface area contributed by atoms with Crippen LogP contribution in [0.2, 0.25) is 10.0 Å². The van der Waals surface area contributed by atoms with Crippen molar-refractivity contribution in [2.24, 2.45) is 0 Å². The zero-order valence-electron chi connectivity index (χ0n) is 14.2. The molecule has 0 bridgehead atoms. The molecule has 0 aliphatic carbocycles. The maximum atomic E-state index is 12.6. The summed E-state index contributed by atoms with van der Waals surface area (Å²) in [6.45, 7) is 3.79. The van der Waals surface area contributed by atoms with Crippen molar-refractivity contribution in [2.45, 2.75) is 13.8 Å². The largest absolute Gasteiger partial charge is 0.324 e. The zero-order chi connectivity index (χ0) is 18.7. The Hall–Kier alpha value is -2.63. The minimum atomic E-state index is -0.419. The van der Waals surface area contributed by atoms with Crippen LogP contribution in [0.4, 0.5) is 17.3 Å². The summed E-state index contributed by atoms with van der Waals surface area (Å²) in [6.07, 6.45) is 0. The van der Waals surface area contributed by atoms with Crippen LogP contribution < -0.4 is 10.6 Å². The van der Waals surface area contributed by atoms with E-state index in [1.54, 1.807) is 31.2 Å². The van der Waals surface area contributed by atoms with Crippen molar-refractivity contribution in [3.05, 3.63) is 75.5 Å². The van der Waals surface area contributed by atoms with E-state index in [0.29, 0.717) is 27.4 Å². The molecule has 1 amide bonds. The van der Waals surface area contributed by atoms with Gasteiger partial charge in [0.2, 0.25) is 5.95 Å². The molecule has 0 radical (unpaired) electrons. The van der Waals surface area contributed by atoms with E-state index in [4.69, 9.17) is 23.2 Å². The molecule has 7 heteroatoms. The van der Waals surface area contributed by atoms with Crippen molar-refractivity contribution >= 4 is 46.4 Å². The minimum Gasteiger partial charge on any atom is -0.324 e. The van der Waals surface area contributed by atoms with Crippen molar-refractivity contribution in [1.82, 2.24) is 9.97 Å². The Balaban J connectivity index is 1.86. The number of para-hydroxylation sites is 1. The first-order valence-corrected chi connectivity index (χ1v) is 8.63. The van der Waals surface area contributed by atoms with Crippen molar-refractivity contribution < 1.29 is 4.79 Å². The summed E-state index contributed by atoms with van der Waals surface area (Å²) < 4.78 is 0. The van der Waals surface area contributed by atoms with Crippen molar-refractivity contribution in [3.8, 4) is 0 Å². The topological polar surface area (TPSA) is 66.9 Å². The number of nitrogens with zero attached hydrogens (tertiary/aromatic N) is 2. The number of rotatable bonds is 4. The predicted octanol–water partition coefficient (Wildman–Crippen LogP) is 5.40. The maximum absolute atomic E-state index is 12.6. The standard InChI is InChI=1S/C19H16Cl2N4O/c1-11-5-3-6-13(9-11)23-19-22-12(2)10-16(24-19)18(26)25-17-14(20)7-4-8-15(17)21/h3-10H,1-2H3,(H,25,26)(H,22,23,24). The van der Waals surface area contributed by atoms with Crippen molar-refractivity contribution in [2.75, 3.05) is 10.6 Å². The molecule has 1 heterocycles. The highest BCUT2D eigenvalue weighted by molar-refractivity contribution is 6.40. The number of aromatic nitrogens is 2. The molecule has 0 atom stereocenters. The third-order valence-electron chi connectivity index (χ3n) is 3.56. The molecular formula is C19H16Cl2N4O. The van der Waals surface area contributed by atoms with Gasteiger partial charge in [-0.25, -0.2) is 9.97 Å². The van der Waals surface area contributed by atoms with Gasteiger partial charge in [0.15, 0.2) is 0 Å². The van der Waals surface area contributed by atoms with E-state index < -0.39 is 5.91 Å². The monoisotopic (exact) mass is 386 g/mol. The quantitative estimate of drug-likeness (QED) is 0.629. The predicted molar refractivity (Wildman–Crippen MR) is 106 cm³/mol. The summed E-state index contributed by atoms with van der Waals surface area (Å²) in [6, 6.07) is 14.4. The van der Waals surface area contributed by atoms with E-state index in [-0.39, 0.29) is 5.69 Å². The zero-order valence-corrected chi connectivity index (χ0v) is 15.7. The molecule has 0 saturated heterocycles. The Morgan fingerprint density at radius 2 is 1.65 bits per heavy atom. The SMILES string of the molecule is Cc1cccc(Nc2nc(C)cc(C(=O)Nc3c(Cl)cccc3Cl)n2)c1. The van der Waals surface area contributed by atoms with Gasteiger partial charge < -0.3 is 10.6 Å².